The van der Waals surface area contributed by atoms with E-state index in [-0.39, 0.29) is 5.56 Å². The van der Waals surface area contributed by atoms with Gasteiger partial charge in [-0.3, -0.25) is 14.0 Å². The minimum absolute atomic E-state index is 0.181. The van der Waals surface area contributed by atoms with Gasteiger partial charge in [-0.05, 0) is 32.0 Å². The minimum Gasteiger partial charge on any atom is -0.266 e. The van der Waals surface area contributed by atoms with Gasteiger partial charge in [-0.2, -0.15) is 5.10 Å². The van der Waals surface area contributed by atoms with Crippen molar-refractivity contribution in [2.45, 2.75) is 13.8 Å². The van der Waals surface area contributed by atoms with Gasteiger partial charge >= 0.3 is 0 Å². The molecular formula is C14H12Cl2N4O. The molecule has 2 heterocycles. The van der Waals surface area contributed by atoms with Crippen molar-refractivity contribution in [3.63, 3.8) is 0 Å². The van der Waals surface area contributed by atoms with Crippen molar-refractivity contribution in [1.29, 1.82) is 0 Å². The van der Waals surface area contributed by atoms with Crippen LogP contribution in [0.3, 0.4) is 0 Å². The number of benzene rings is 1. The summed E-state index contributed by atoms with van der Waals surface area (Å²) >= 11 is 12.0. The number of aromatic nitrogens is 4. The molecule has 0 saturated heterocycles. The number of hydrogen-bond donors (Lipinski definition) is 0. The van der Waals surface area contributed by atoms with Gasteiger partial charge < -0.3 is 0 Å². The second-order valence-electron chi connectivity index (χ2n) is 4.80. The van der Waals surface area contributed by atoms with E-state index in [4.69, 9.17) is 23.2 Å². The Balaban J connectivity index is 2.40. The van der Waals surface area contributed by atoms with Gasteiger partial charge in [-0.15, -0.1) is 0 Å². The molecule has 2 aromatic heterocycles. The first-order valence-corrected chi connectivity index (χ1v) is 7.04. The zero-order valence-electron chi connectivity index (χ0n) is 11.7. The van der Waals surface area contributed by atoms with E-state index in [9.17, 15) is 4.79 Å². The van der Waals surface area contributed by atoms with Crippen LogP contribution in [0.4, 0.5) is 0 Å². The molecule has 0 spiro atoms. The third-order valence-corrected chi connectivity index (χ3v) is 4.09. The van der Waals surface area contributed by atoms with Gasteiger partial charge in [0, 0.05) is 7.05 Å². The maximum absolute atomic E-state index is 12.8. The summed E-state index contributed by atoms with van der Waals surface area (Å²) < 4.78 is 3.05. The van der Waals surface area contributed by atoms with Gasteiger partial charge in [0.1, 0.15) is 11.3 Å². The molecule has 0 aliphatic carbocycles. The average molecular weight is 323 g/mol. The van der Waals surface area contributed by atoms with Crippen LogP contribution in [0.25, 0.3) is 16.7 Å². The Hall–Kier alpha value is -1.85. The largest absolute Gasteiger partial charge is 0.284 e. The fourth-order valence-electron chi connectivity index (χ4n) is 2.41. The Morgan fingerprint density at radius 2 is 1.86 bits per heavy atom. The minimum atomic E-state index is -0.181. The molecule has 7 heteroatoms. The third kappa shape index (κ3) is 2.13. The molecule has 1 aromatic carbocycles. The van der Waals surface area contributed by atoms with Crippen molar-refractivity contribution >= 4 is 34.2 Å². The molecule has 0 aliphatic heterocycles. The molecular weight excluding hydrogens is 311 g/mol. The molecule has 0 atom stereocenters. The molecule has 5 nitrogen and oxygen atoms in total. The number of nitrogens with zero attached hydrogens (tertiary/aromatic N) is 4. The third-order valence-electron chi connectivity index (χ3n) is 3.35. The Morgan fingerprint density at radius 3 is 2.52 bits per heavy atom. The van der Waals surface area contributed by atoms with Crippen molar-refractivity contribution in [1.82, 2.24) is 19.3 Å². The van der Waals surface area contributed by atoms with Gasteiger partial charge in [0.25, 0.3) is 5.56 Å². The zero-order chi connectivity index (χ0) is 15.3. The van der Waals surface area contributed by atoms with Crippen molar-refractivity contribution in [2.24, 2.45) is 7.05 Å². The van der Waals surface area contributed by atoms with Crippen molar-refractivity contribution in [3.05, 3.63) is 50.1 Å². The number of fused-ring (bicyclic) bond motifs is 1. The number of aryl methyl sites for hydroxylation is 3. The Labute approximate surface area is 130 Å². The first-order valence-electron chi connectivity index (χ1n) is 6.28. The zero-order valence-corrected chi connectivity index (χ0v) is 13.2. The lowest BCUT2D eigenvalue weighted by Gasteiger charge is -2.10. The average Bonchev–Trinajstić information content (AvgIpc) is 2.69. The van der Waals surface area contributed by atoms with E-state index in [1.807, 2.05) is 6.92 Å². The van der Waals surface area contributed by atoms with E-state index < -0.39 is 0 Å². The first kappa shape index (κ1) is 14.1. The smallest absolute Gasteiger partial charge is 0.266 e. The van der Waals surface area contributed by atoms with Crippen LogP contribution < -0.4 is 5.56 Å². The molecule has 0 radical (unpaired) electrons. The van der Waals surface area contributed by atoms with Crippen LogP contribution in [0.15, 0.2) is 23.0 Å². The van der Waals surface area contributed by atoms with E-state index in [1.54, 1.807) is 36.9 Å². The Kier molecular flexibility index (Phi) is 3.26. The second kappa shape index (κ2) is 4.86. The van der Waals surface area contributed by atoms with Gasteiger partial charge in [0.05, 0.1) is 21.4 Å². The summed E-state index contributed by atoms with van der Waals surface area (Å²) in [7, 11) is 1.73. The van der Waals surface area contributed by atoms with E-state index in [1.165, 1.54) is 4.57 Å². The molecule has 0 fully saturated rings. The maximum atomic E-state index is 12.8. The summed E-state index contributed by atoms with van der Waals surface area (Å²) in [4.78, 5) is 17.3. The van der Waals surface area contributed by atoms with E-state index in [2.05, 4.69) is 10.1 Å². The van der Waals surface area contributed by atoms with Crippen LogP contribution in [-0.4, -0.2) is 19.3 Å². The number of rotatable bonds is 1. The van der Waals surface area contributed by atoms with E-state index >= 15 is 0 Å². The summed E-state index contributed by atoms with van der Waals surface area (Å²) in [6, 6.07) is 5.04. The number of hydrogen-bond acceptors (Lipinski definition) is 3. The first-order chi connectivity index (χ1) is 9.90. The molecule has 3 aromatic rings. The van der Waals surface area contributed by atoms with Crippen LogP contribution in [0, 0.1) is 13.8 Å². The molecule has 108 valence electrons. The molecule has 21 heavy (non-hydrogen) atoms. The molecule has 0 N–H and O–H groups in total. The van der Waals surface area contributed by atoms with Gasteiger partial charge in [-0.25, -0.2) is 4.98 Å². The summed E-state index contributed by atoms with van der Waals surface area (Å²) in [6.45, 7) is 3.60. The molecule has 0 amide bonds. The molecule has 0 aliphatic rings. The lowest BCUT2D eigenvalue weighted by Crippen LogP contribution is -2.23. The summed E-state index contributed by atoms with van der Waals surface area (Å²) in [6.07, 6.45) is 0. The van der Waals surface area contributed by atoms with Gasteiger partial charge in [0.15, 0.2) is 5.52 Å². The highest BCUT2D eigenvalue weighted by Gasteiger charge is 2.16. The lowest BCUT2D eigenvalue weighted by atomic mass is 10.3. The van der Waals surface area contributed by atoms with Crippen molar-refractivity contribution < 1.29 is 0 Å². The fourth-order valence-corrected chi connectivity index (χ4v) is 2.71. The maximum Gasteiger partial charge on any atom is 0.284 e. The summed E-state index contributed by atoms with van der Waals surface area (Å²) in [5.41, 5.74) is 2.26. The predicted octanol–water partition coefficient (Wildman–Crippen LogP) is 3.04. The lowest BCUT2D eigenvalue weighted by molar-refractivity contribution is 0.773. The van der Waals surface area contributed by atoms with Crippen molar-refractivity contribution in [3.8, 4) is 5.69 Å². The summed E-state index contributed by atoms with van der Waals surface area (Å²) in [5.74, 6) is 0.571. The molecule has 3 rings (SSSR count). The summed E-state index contributed by atoms with van der Waals surface area (Å²) in [5, 5.41) is 5.08. The highest BCUT2D eigenvalue weighted by Crippen LogP contribution is 2.24. The van der Waals surface area contributed by atoms with Crippen LogP contribution in [0.5, 0.6) is 0 Å². The SMILES string of the molecule is Cc1nn(C)c2c(=O)n(-c3ccc(Cl)c(Cl)c3)c(C)nc12. The second-order valence-corrected chi connectivity index (χ2v) is 5.62. The highest BCUT2D eigenvalue weighted by atomic mass is 35.5. The van der Waals surface area contributed by atoms with Crippen LogP contribution in [0.2, 0.25) is 10.0 Å². The van der Waals surface area contributed by atoms with E-state index in [0.29, 0.717) is 32.6 Å². The monoisotopic (exact) mass is 322 g/mol. The Morgan fingerprint density at radius 1 is 1.14 bits per heavy atom. The predicted molar refractivity (Wildman–Crippen MR) is 83.6 cm³/mol. The Bertz CT molecular complexity index is 927. The van der Waals surface area contributed by atoms with Gasteiger partial charge in [-0.1, -0.05) is 23.2 Å². The topological polar surface area (TPSA) is 52.7 Å². The molecule has 0 unspecified atom stereocenters. The molecule has 0 bridgehead atoms. The van der Waals surface area contributed by atoms with Crippen LogP contribution >= 0.6 is 23.2 Å². The normalized spacial score (nSPS) is 11.3. The quantitative estimate of drug-likeness (QED) is 0.692. The fraction of sp³-hybridized carbons (Fsp3) is 0.214. The highest BCUT2D eigenvalue weighted by molar-refractivity contribution is 6.42. The number of halogens is 2. The van der Waals surface area contributed by atoms with Gasteiger partial charge in [0.2, 0.25) is 0 Å². The van der Waals surface area contributed by atoms with Crippen molar-refractivity contribution in [2.75, 3.05) is 0 Å². The van der Waals surface area contributed by atoms with E-state index in [0.717, 1.165) is 5.69 Å². The van der Waals surface area contributed by atoms with Crippen LogP contribution in [-0.2, 0) is 7.05 Å². The standard InChI is InChI=1S/C14H12Cl2N4O/c1-7-12-13(19(3)18-7)14(21)20(8(2)17-12)9-4-5-10(15)11(16)6-9/h4-6H,1-3H3. The van der Waals surface area contributed by atoms with Crippen LogP contribution in [0.1, 0.15) is 11.5 Å². The molecule has 0 saturated carbocycles.